The number of aromatic nitrogens is 3. The third-order valence-corrected chi connectivity index (χ3v) is 3.24. The number of aliphatic hydroxyl groups is 1. The molecule has 7 heteroatoms. The van der Waals surface area contributed by atoms with Crippen molar-refractivity contribution in [3.63, 3.8) is 0 Å². The van der Waals surface area contributed by atoms with E-state index in [9.17, 15) is 0 Å². The van der Waals surface area contributed by atoms with Crippen LogP contribution in [0.4, 0.5) is 17.6 Å². The molecule has 0 atom stereocenters. The zero-order valence-corrected chi connectivity index (χ0v) is 13.0. The van der Waals surface area contributed by atoms with Gasteiger partial charge in [-0.3, -0.25) is 4.90 Å². The van der Waals surface area contributed by atoms with Crippen molar-refractivity contribution in [3.05, 3.63) is 35.7 Å². The Bertz CT molecular complexity index is 619. The lowest BCUT2D eigenvalue weighted by molar-refractivity contribution is 0.214. The summed E-state index contributed by atoms with van der Waals surface area (Å²) < 4.78 is 0. The van der Waals surface area contributed by atoms with E-state index in [0.29, 0.717) is 24.9 Å². The Morgan fingerprint density at radius 2 is 2.00 bits per heavy atom. The Balaban J connectivity index is 2.19. The minimum atomic E-state index is 0.0893. The Morgan fingerprint density at radius 1 is 1.23 bits per heavy atom. The average molecular weight is 302 g/mol. The molecule has 0 fully saturated rings. The van der Waals surface area contributed by atoms with Gasteiger partial charge in [-0.2, -0.15) is 15.0 Å². The van der Waals surface area contributed by atoms with Crippen molar-refractivity contribution < 1.29 is 5.11 Å². The number of nitrogens with one attached hydrogen (secondary N) is 1. The van der Waals surface area contributed by atoms with Gasteiger partial charge < -0.3 is 16.2 Å². The van der Waals surface area contributed by atoms with E-state index >= 15 is 0 Å². The van der Waals surface area contributed by atoms with Gasteiger partial charge in [-0.1, -0.05) is 25.1 Å². The van der Waals surface area contributed by atoms with Crippen LogP contribution in [0, 0.1) is 0 Å². The predicted octanol–water partition coefficient (Wildman–Crippen LogP) is 1.18. The molecule has 0 bridgehead atoms. The molecule has 2 aromatic rings. The molecule has 0 aliphatic carbocycles. The van der Waals surface area contributed by atoms with Gasteiger partial charge in [0.1, 0.15) is 5.82 Å². The van der Waals surface area contributed by atoms with Crippen LogP contribution in [-0.2, 0) is 13.0 Å². The first-order valence-electron chi connectivity index (χ1n) is 7.27. The Kier molecular flexibility index (Phi) is 5.62. The van der Waals surface area contributed by atoms with Crippen molar-refractivity contribution in [3.8, 4) is 0 Å². The maximum atomic E-state index is 8.94. The van der Waals surface area contributed by atoms with Gasteiger partial charge in [-0.05, 0) is 25.1 Å². The highest BCUT2D eigenvalue weighted by Gasteiger charge is 2.08. The fourth-order valence-corrected chi connectivity index (χ4v) is 2.13. The fourth-order valence-electron chi connectivity index (χ4n) is 2.13. The van der Waals surface area contributed by atoms with Crippen molar-refractivity contribution in [2.75, 3.05) is 31.2 Å². The van der Waals surface area contributed by atoms with E-state index in [2.05, 4.69) is 33.3 Å². The molecule has 0 aliphatic rings. The van der Waals surface area contributed by atoms with Crippen LogP contribution in [0.3, 0.4) is 0 Å². The summed E-state index contributed by atoms with van der Waals surface area (Å²) in [6.07, 6.45) is 0.913. The van der Waals surface area contributed by atoms with Gasteiger partial charge >= 0.3 is 0 Å². The first-order valence-corrected chi connectivity index (χ1v) is 7.27. The van der Waals surface area contributed by atoms with E-state index in [-0.39, 0.29) is 12.6 Å². The molecular formula is C15H22N6O. The van der Waals surface area contributed by atoms with Crippen LogP contribution in [0.15, 0.2) is 24.3 Å². The number of rotatable bonds is 7. The lowest BCUT2D eigenvalue weighted by Crippen LogP contribution is -2.23. The smallest absolute Gasteiger partial charge is 0.232 e. The van der Waals surface area contributed by atoms with E-state index in [4.69, 9.17) is 10.8 Å². The lowest BCUT2D eigenvalue weighted by Gasteiger charge is -2.15. The molecule has 0 saturated carbocycles. The van der Waals surface area contributed by atoms with Crippen LogP contribution in [-0.4, -0.2) is 45.2 Å². The van der Waals surface area contributed by atoms with Crippen molar-refractivity contribution in [2.45, 2.75) is 19.9 Å². The monoisotopic (exact) mass is 302 g/mol. The molecule has 0 saturated heterocycles. The normalized spacial score (nSPS) is 10.9. The highest BCUT2D eigenvalue weighted by molar-refractivity contribution is 5.58. The predicted molar refractivity (Wildman–Crippen MR) is 86.8 cm³/mol. The second-order valence-electron chi connectivity index (χ2n) is 5.03. The first-order chi connectivity index (χ1) is 10.6. The number of benzene rings is 1. The van der Waals surface area contributed by atoms with Crippen LogP contribution in [0.5, 0.6) is 0 Å². The van der Waals surface area contributed by atoms with E-state index < -0.39 is 0 Å². The maximum Gasteiger partial charge on any atom is 0.232 e. The summed E-state index contributed by atoms with van der Waals surface area (Å²) in [5.41, 5.74) is 7.91. The highest BCUT2D eigenvalue weighted by Crippen LogP contribution is 2.19. The fraction of sp³-hybridized carbons (Fsp3) is 0.400. The van der Waals surface area contributed by atoms with E-state index in [1.54, 1.807) is 0 Å². The zero-order chi connectivity index (χ0) is 15.9. The molecule has 0 amide bonds. The number of hydrogen-bond donors (Lipinski definition) is 3. The number of para-hydroxylation sites is 1. The van der Waals surface area contributed by atoms with Crippen LogP contribution in [0.2, 0.25) is 0 Å². The van der Waals surface area contributed by atoms with Crippen molar-refractivity contribution in [2.24, 2.45) is 0 Å². The molecule has 4 N–H and O–H groups in total. The van der Waals surface area contributed by atoms with Crippen molar-refractivity contribution >= 4 is 17.6 Å². The molecule has 1 aromatic heterocycles. The van der Waals surface area contributed by atoms with Gasteiger partial charge in [0.05, 0.1) is 13.2 Å². The number of likely N-dealkylation sites (N-methyl/N-ethyl adjacent to an activating group) is 1. The molecule has 0 radical (unpaired) electrons. The Hall–Kier alpha value is -2.25. The van der Waals surface area contributed by atoms with Crippen LogP contribution >= 0.6 is 0 Å². The standard InChI is InChI=1S/C15H22N6O/c1-3-11-6-4-5-7-12(11)17-15-19-13(18-14(16)20-15)10-21(2)8-9-22/h4-7,22H,3,8-10H2,1-2H3,(H3,16,17,18,19,20). The number of nitrogen functional groups attached to an aromatic ring is 1. The third-order valence-electron chi connectivity index (χ3n) is 3.24. The van der Waals surface area contributed by atoms with Gasteiger partial charge in [0.25, 0.3) is 0 Å². The number of nitrogens with zero attached hydrogens (tertiary/aromatic N) is 4. The van der Waals surface area contributed by atoms with Gasteiger partial charge in [-0.25, -0.2) is 0 Å². The summed E-state index contributed by atoms with van der Waals surface area (Å²) in [5.74, 6) is 1.18. The summed E-state index contributed by atoms with van der Waals surface area (Å²) in [6.45, 7) is 3.23. The van der Waals surface area contributed by atoms with E-state index in [0.717, 1.165) is 12.1 Å². The quantitative estimate of drug-likeness (QED) is 0.706. The summed E-state index contributed by atoms with van der Waals surface area (Å²) in [7, 11) is 1.88. The molecular weight excluding hydrogens is 280 g/mol. The molecule has 118 valence electrons. The van der Waals surface area contributed by atoms with Gasteiger partial charge in [0.2, 0.25) is 11.9 Å². The van der Waals surface area contributed by atoms with Gasteiger partial charge in [-0.15, -0.1) is 0 Å². The highest BCUT2D eigenvalue weighted by atomic mass is 16.3. The Labute approximate surface area is 130 Å². The summed E-state index contributed by atoms with van der Waals surface area (Å²) >= 11 is 0. The maximum absolute atomic E-state index is 8.94. The molecule has 22 heavy (non-hydrogen) atoms. The number of hydrogen-bond acceptors (Lipinski definition) is 7. The molecule has 0 unspecified atom stereocenters. The number of nitrogens with two attached hydrogens (primary N) is 1. The summed E-state index contributed by atoms with van der Waals surface area (Å²) in [5, 5.41) is 12.1. The van der Waals surface area contributed by atoms with E-state index in [1.807, 2.05) is 30.1 Å². The van der Waals surface area contributed by atoms with Gasteiger partial charge in [0, 0.05) is 12.2 Å². The largest absolute Gasteiger partial charge is 0.395 e. The Morgan fingerprint density at radius 3 is 2.73 bits per heavy atom. The zero-order valence-electron chi connectivity index (χ0n) is 13.0. The van der Waals surface area contributed by atoms with Crippen molar-refractivity contribution in [1.29, 1.82) is 0 Å². The molecule has 7 nitrogen and oxygen atoms in total. The summed E-state index contributed by atoms with van der Waals surface area (Å²) in [6, 6.07) is 8.00. The van der Waals surface area contributed by atoms with Crippen LogP contribution < -0.4 is 11.1 Å². The third kappa shape index (κ3) is 4.37. The first kappa shape index (κ1) is 16.1. The number of aliphatic hydroxyl groups excluding tert-OH is 1. The molecule has 0 spiro atoms. The summed E-state index contributed by atoms with van der Waals surface area (Å²) in [4.78, 5) is 14.6. The van der Waals surface area contributed by atoms with Crippen LogP contribution in [0.25, 0.3) is 0 Å². The lowest BCUT2D eigenvalue weighted by atomic mass is 10.1. The molecule has 1 heterocycles. The van der Waals surface area contributed by atoms with Gasteiger partial charge in [0.15, 0.2) is 0 Å². The average Bonchev–Trinajstić information content (AvgIpc) is 2.47. The molecule has 1 aromatic carbocycles. The topological polar surface area (TPSA) is 100 Å². The van der Waals surface area contributed by atoms with Crippen molar-refractivity contribution in [1.82, 2.24) is 19.9 Å². The molecule has 2 rings (SSSR count). The second kappa shape index (κ2) is 7.67. The van der Waals surface area contributed by atoms with E-state index in [1.165, 1.54) is 5.56 Å². The number of anilines is 3. The second-order valence-corrected chi connectivity index (χ2v) is 5.03. The molecule has 0 aliphatic heterocycles. The number of aryl methyl sites for hydroxylation is 1. The van der Waals surface area contributed by atoms with Crippen LogP contribution in [0.1, 0.15) is 18.3 Å². The SMILES string of the molecule is CCc1ccccc1Nc1nc(N)nc(CN(C)CCO)n1. The minimum Gasteiger partial charge on any atom is -0.395 e. The minimum absolute atomic E-state index is 0.0893.